The molecular weight excluding hydrogens is 235 g/mol. The number of aromatic amines is 1. The van der Waals surface area contributed by atoms with E-state index >= 15 is 0 Å². The van der Waals surface area contributed by atoms with Crippen LogP contribution < -0.4 is 5.56 Å². The number of nitrogens with zero attached hydrogens (tertiary/aromatic N) is 2. The molecule has 0 aliphatic carbocycles. The number of alkyl halides is 3. The number of aromatic nitrogens is 3. The first-order valence-corrected chi connectivity index (χ1v) is 4.99. The summed E-state index contributed by atoms with van der Waals surface area (Å²) in [6.07, 6.45) is -4.59. The smallest absolute Gasteiger partial charge is 0.269 e. The lowest BCUT2D eigenvalue weighted by Gasteiger charge is -2.03. The topological polar surface area (TPSA) is 50.2 Å². The van der Waals surface area contributed by atoms with Gasteiger partial charge in [-0.15, -0.1) is 0 Å². The van der Waals surface area contributed by atoms with Gasteiger partial charge in [0.1, 0.15) is 0 Å². The molecule has 0 bridgehead atoms. The molecule has 1 N–H and O–H groups in total. The molecule has 0 fully saturated rings. The number of halogens is 3. The third-order valence-electron chi connectivity index (χ3n) is 2.41. The highest BCUT2D eigenvalue weighted by molar-refractivity contribution is 5.41. The van der Waals surface area contributed by atoms with E-state index in [4.69, 9.17) is 0 Å². The van der Waals surface area contributed by atoms with E-state index in [0.29, 0.717) is 5.56 Å². The van der Waals surface area contributed by atoms with Crippen molar-refractivity contribution in [2.75, 3.05) is 0 Å². The van der Waals surface area contributed by atoms with Crippen molar-refractivity contribution < 1.29 is 13.2 Å². The molecular formula is C10H10F3N3O. The summed E-state index contributed by atoms with van der Waals surface area (Å²) in [5.74, 6) is -1.12. The van der Waals surface area contributed by atoms with E-state index in [2.05, 4.69) is 4.98 Å². The highest BCUT2D eigenvalue weighted by Gasteiger charge is 2.35. The van der Waals surface area contributed by atoms with E-state index in [-0.39, 0.29) is 11.6 Å². The van der Waals surface area contributed by atoms with Gasteiger partial charge in [0.2, 0.25) is 5.82 Å². The van der Waals surface area contributed by atoms with Crippen LogP contribution in [0.5, 0.6) is 0 Å². The van der Waals surface area contributed by atoms with Crippen LogP contribution in [0.4, 0.5) is 13.2 Å². The summed E-state index contributed by atoms with van der Waals surface area (Å²) < 4.78 is 38.0. The average molecular weight is 245 g/mol. The summed E-state index contributed by atoms with van der Waals surface area (Å²) in [4.78, 5) is 14.9. The molecule has 0 saturated heterocycles. The number of hydrogen-bond acceptors (Lipinski definition) is 2. The van der Waals surface area contributed by atoms with E-state index < -0.39 is 17.6 Å². The second-order valence-corrected chi connectivity index (χ2v) is 4.05. The molecule has 2 aromatic rings. The van der Waals surface area contributed by atoms with Crippen LogP contribution >= 0.6 is 0 Å². The fourth-order valence-corrected chi connectivity index (χ4v) is 1.48. The Bertz CT molecular complexity index is 609. The Morgan fingerprint density at radius 3 is 2.53 bits per heavy atom. The zero-order valence-corrected chi connectivity index (χ0v) is 9.17. The van der Waals surface area contributed by atoms with Gasteiger partial charge in [0.05, 0.1) is 0 Å². The van der Waals surface area contributed by atoms with Gasteiger partial charge in [-0.1, -0.05) is 13.8 Å². The van der Waals surface area contributed by atoms with Crippen LogP contribution in [-0.4, -0.2) is 14.6 Å². The first-order valence-electron chi connectivity index (χ1n) is 4.99. The third-order valence-corrected chi connectivity index (χ3v) is 2.41. The maximum atomic E-state index is 12.4. The van der Waals surface area contributed by atoms with Crippen LogP contribution in [0, 0.1) is 0 Å². The molecule has 4 nitrogen and oxygen atoms in total. The van der Waals surface area contributed by atoms with E-state index in [0.717, 1.165) is 4.52 Å². The molecule has 0 amide bonds. The van der Waals surface area contributed by atoms with E-state index in [1.54, 1.807) is 0 Å². The van der Waals surface area contributed by atoms with Gasteiger partial charge in [0.25, 0.3) is 5.56 Å². The Hall–Kier alpha value is -1.79. The van der Waals surface area contributed by atoms with Gasteiger partial charge in [-0.05, 0) is 17.5 Å². The van der Waals surface area contributed by atoms with Crippen molar-refractivity contribution in [1.82, 2.24) is 14.6 Å². The molecule has 2 rings (SSSR count). The molecule has 0 atom stereocenters. The number of rotatable bonds is 1. The Labute approximate surface area is 94.1 Å². The van der Waals surface area contributed by atoms with Gasteiger partial charge in [-0.3, -0.25) is 9.89 Å². The van der Waals surface area contributed by atoms with Crippen molar-refractivity contribution in [3.63, 3.8) is 0 Å². The molecule has 92 valence electrons. The van der Waals surface area contributed by atoms with E-state index in [1.165, 1.54) is 12.1 Å². The number of hydrogen-bond donors (Lipinski definition) is 1. The van der Waals surface area contributed by atoms with Gasteiger partial charge < -0.3 is 0 Å². The number of nitrogens with one attached hydrogen (secondary N) is 1. The van der Waals surface area contributed by atoms with Gasteiger partial charge in [-0.2, -0.15) is 17.7 Å². The molecule has 0 aromatic carbocycles. The minimum Gasteiger partial charge on any atom is -0.269 e. The predicted octanol–water partition coefficient (Wildman–Crippen LogP) is 2.16. The zero-order valence-electron chi connectivity index (χ0n) is 9.17. The quantitative estimate of drug-likeness (QED) is 0.837. The molecule has 0 saturated carbocycles. The van der Waals surface area contributed by atoms with Crippen molar-refractivity contribution in [1.29, 1.82) is 0 Å². The molecule has 0 aliphatic heterocycles. The van der Waals surface area contributed by atoms with Crippen LogP contribution in [0.25, 0.3) is 5.65 Å². The summed E-state index contributed by atoms with van der Waals surface area (Å²) >= 11 is 0. The van der Waals surface area contributed by atoms with Crippen LogP contribution in [0.1, 0.15) is 31.2 Å². The second kappa shape index (κ2) is 3.61. The van der Waals surface area contributed by atoms with Crippen molar-refractivity contribution in [3.05, 3.63) is 33.9 Å². The van der Waals surface area contributed by atoms with Crippen molar-refractivity contribution >= 4 is 5.65 Å². The van der Waals surface area contributed by atoms with Crippen molar-refractivity contribution in [3.8, 4) is 0 Å². The highest BCUT2D eigenvalue weighted by Crippen LogP contribution is 2.26. The normalized spacial score (nSPS) is 12.6. The first kappa shape index (κ1) is 11.7. The van der Waals surface area contributed by atoms with Gasteiger partial charge in [0, 0.05) is 6.07 Å². The summed E-state index contributed by atoms with van der Waals surface area (Å²) in [6.45, 7) is 3.70. The van der Waals surface area contributed by atoms with Crippen molar-refractivity contribution in [2.45, 2.75) is 25.9 Å². The molecule has 0 spiro atoms. The third kappa shape index (κ3) is 2.04. The largest absolute Gasteiger partial charge is 0.451 e. The zero-order chi connectivity index (χ0) is 12.8. The fourth-order valence-electron chi connectivity index (χ4n) is 1.48. The molecule has 0 unspecified atom stereocenters. The monoisotopic (exact) mass is 245 g/mol. The number of fused-ring (bicyclic) bond motifs is 1. The Morgan fingerprint density at radius 1 is 1.35 bits per heavy atom. The Morgan fingerprint density at radius 2 is 2.00 bits per heavy atom. The lowest BCUT2D eigenvalue weighted by atomic mass is 10.1. The van der Waals surface area contributed by atoms with Crippen LogP contribution in [0.3, 0.4) is 0 Å². The standard InChI is InChI=1S/C10H10F3N3O/c1-5(2)6-3-7-14-9(10(11,12)13)15-16(7)8(17)4-6/h3-5H,1-2H3,(H,14,15). The summed E-state index contributed by atoms with van der Waals surface area (Å²) in [5, 5.41) is 1.94. The maximum Gasteiger partial charge on any atom is 0.451 e. The predicted molar refractivity (Wildman–Crippen MR) is 54.9 cm³/mol. The molecule has 0 aliphatic rings. The Balaban J connectivity index is 2.70. The van der Waals surface area contributed by atoms with Crippen LogP contribution in [0.2, 0.25) is 0 Å². The summed E-state index contributed by atoms with van der Waals surface area (Å²) in [6, 6.07) is 2.77. The van der Waals surface area contributed by atoms with E-state index in [9.17, 15) is 18.0 Å². The lowest BCUT2D eigenvalue weighted by molar-refractivity contribution is -0.144. The molecule has 17 heavy (non-hydrogen) atoms. The SMILES string of the molecule is CC(C)c1cc(=O)n2[nH]c(C(F)(F)F)nc2c1. The molecule has 2 aromatic heterocycles. The number of pyridine rings is 1. The van der Waals surface area contributed by atoms with Crippen molar-refractivity contribution in [2.24, 2.45) is 0 Å². The molecule has 2 heterocycles. The minimum absolute atomic E-state index is 0.0199. The minimum atomic E-state index is -4.59. The maximum absolute atomic E-state index is 12.4. The second-order valence-electron chi connectivity index (χ2n) is 4.05. The van der Waals surface area contributed by atoms with Gasteiger partial charge in [0.15, 0.2) is 5.65 Å². The van der Waals surface area contributed by atoms with E-state index in [1.807, 2.05) is 18.9 Å². The highest BCUT2D eigenvalue weighted by atomic mass is 19.4. The van der Waals surface area contributed by atoms with Gasteiger partial charge >= 0.3 is 6.18 Å². The number of H-pyrrole nitrogens is 1. The average Bonchev–Trinajstić information content (AvgIpc) is 2.60. The Kier molecular flexibility index (Phi) is 2.48. The lowest BCUT2D eigenvalue weighted by Crippen LogP contribution is -2.15. The molecule has 7 heteroatoms. The summed E-state index contributed by atoms with van der Waals surface area (Å²) in [5.41, 5.74) is 0.0953. The first-order chi connectivity index (χ1) is 7.79. The molecule has 0 radical (unpaired) electrons. The van der Waals surface area contributed by atoms with Crippen LogP contribution in [-0.2, 0) is 6.18 Å². The van der Waals surface area contributed by atoms with Gasteiger partial charge in [-0.25, -0.2) is 4.98 Å². The summed E-state index contributed by atoms with van der Waals surface area (Å²) in [7, 11) is 0. The van der Waals surface area contributed by atoms with Crippen LogP contribution in [0.15, 0.2) is 16.9 Å². The fraction of sp³-hybridized carbons (Fsp3) is 0.400.